The summed E-state index contributed by atoms with van der Waals surface area (Å²) < 4.78 is 0. The Hall–Kier alpha value is -1.57. The van der Waals surface area contributed by atoms with Crippen LogP contribution in [0.25, 0.3) is 10.8 Å². The van der Waals surface area contributed by atoms with Crippen molar-refractivity contribution in [2.24, 2.45) is 0 Å². The van der Waals surface area contributed by atoms with Crippen LogP contribution in [0.3, 0.4) is 0 Å². The summed E-state index contributed by atoms with van der Waals surface area (Å²) in [6.45, 7) is 2.09. The summed E-state index contributed by atoms with van der Waals surface area (Å²) in [5.41, 5.74) is 1.26. The van der Waals surface area contributed by atoms with Gasteiger partial charge in [-0.25, -0.2) is 4.98 Å². The second-order valence-electron chi connectivity index (χ2n) is 3.13. The minimum atomic E-state index is 0.946. The first kappa shape index (κ1) is 8.05. The maximum atomic E-state index is 4.26. The summed E-state index contributed by atoms with van der Waals surface area (Å²) >= 11 is 0. The molecule has 0 saturated heterocycles. The lowest BCUT2D eigenvalue weighted by atomic mass is 10.1. The average molecular weight is 172 g/mol. The fourth-order valence-electron chi connectivity index (χ4n) is 1.48. The fraction of sp³-hybridized carbons (Fsp3) is 0.182. The van der Waals surface area contributed by atoms with Gasteiger partial charge in [-0.1, -0.05) is 17.7 Å². The van der Waals surface area contributed by atoms with Gasteiger partial charge in [0.25, 0.3) is 0 Å². The van der Waals surface area contributed by atoms with E-state index in [0.29, 0.717) is 0 Å². The first-order valence-electron chi connectivity index (χ1n) is 4.34. The Balaban J connectivity index is 2.79. The quantitative estimate of drug-likeness (QED) is 0.715. The molecule has 1 aromatic carbocycles. The highest BCUT2D eigenvalue weighted by Gasteiger charge is 1.99. The minimum Gasteiger partial charge on any atom is -0.373 e. The van der Waals surface area contributed by atoms with E-state index in [2.05, 4.69) is 35.4 Å². The van der Waals surface area contributed by atoms with Crippen molar-refractivity contribution in [3.8, 4) is 0 Å². The number of fused-ring (bicyclic) bond motifs is 1. The maximum absolute atomic E-state index is 4.26. The molecule has 0 saturated carbocycles. The van der Waals surface area contributed by atoms with Crippen molar-refractivity contribution < 1.29 is 0 Å². The van der Waals surface area contributed by atoms with Gasteiger partial charge in [-0.2, -0.15) is 0 Å². The number of hydrogen-bond donors (Lipinski definition) is 1. The molecular formula is C11H12N2. The number of rotatable bonds is 1. The first-order chi connectivity index (χ1) is 6.31. The van der Waals surface area contributed by atoms with Crippen molar-refractivity contribution >= 4 is 16.6 Å². The molecule has 0 aliphatic carbocycles. The molecule has 0 radical (unpaired) electrons. The lowest BCUT2D eigenvalue weighted by Gasteiger charge is -2.04. The average Bonchev–Trinajstić information content (AvgIpc) is 2.17. The molecular weight excluding hydrogens is 160 g/mol. The van der Waals surface area contributed by atoms with E-state index in [0.717, 1.165) is 5.82 Å². The second kappa shape index (κ2) is 3.05. The molecule has 0 spiro atoms. The number of anilines is 1. The molecule has 0 atom stereocenters. The highest BCUT2D eigenvalue weighted by atomic mass is 14.9. The maximum Gasteiger partial charge on any atom is 0.133 e. The van der Waals surface area contributed by atoms with E-state index in [1.807, 2.05) is 19.3 Å². The number of aromatic nitrogens is 1. The normalized spacial score (nSPS) is 10.3. The third-order valence-electron chi connectivity index (χ3n) is 2.16. The predicted molar refractivity (Wildman–Crippen MR) is 56.0 cm³/mol. The van der Waals surface area contributed by atoms with Crippen molar-refractivity contribution in [1.29, 1.82) is 0 Å². The summed E-state index contributed by atoms with van der Waals surface area (Å²) in [6.07, 6.45) is 1.82. The van der Waals surface area contributed by atoms with Crippen molar-refractivity contribution in [2.45, 2.75) is 6.92 Å². The van der Waals surface area contributed by atoms with Crippen LogP contribution in [0.15, 0.2) is 30.5 Å². The van der Waals surface area contributed by atoms with Crippen LogP contribution >= 0.6 is 0 Å². The van der Waals surface area contributed by atoms with Crippen LogP contribution in [-0.4, -0.2) is 12.0 Å². The molecule has 1 heterocycles. The molecule has 66 valence electrons. The highest BCUT2D eigenvalue weighted by Crippen LogP contribution is 2.21. The van der Waals surface area contributed by atoms with Gasteiger partial charge in [0.15, 0.2) is 0 Å². The Bertz CT molecular complexity index is 435. The fourth-order valence-corrected chi connectivity index (χ4v) is 1.48. The topological polar surface area (TPSA) is 24.9 Å². The molecule has 2 rings (SSSR count). The van der Waals surface area contributed by atoms with E-state index in [9.17, 15) is 0 Å². The number of benzene rings is 1. The summed E-state index contributed by atoms with van der Waals surface area (Å²) in [5, 5.41) is 5.50. The Labute approximate surface area is 77.6 Å². The number of hydrogen-bond acceptors (Lipinski definition) is 2. The Morgan fingerprint density at radius 1 is 1.23 bits per heavy atom. The number of nitrogens with zero attached hydrogens (tertiary/aromatic N) is 1. The minimum absolute atomic E-state index is 0.946. The van der Waals surface area contributed by atoms with E-state index < -0.39 is 0 Å². The van der Waals surface area contributed by atoms with Crippen molar-refractivity contribution in [3.05, 3.63) is 36.0 Å². The van der Waals surface area contributed by atoms with E-state index >= 15 is 0 Å². The van der Waals surface area contributed by atoms with Gasteiger partial charge < -0.3 is 5.32 Å². The van der Waals surface area contributed by atoms with Crippen LogP contribution in [-0.2, 0) is 0 Å². The zero-order valence-electron chi connectivity index (χ0n) is 7.83. The Morgan fingerprint density at radius 2 is 2.08 bits per heavy atom. The largest absolute Gasteiger partial charge is 0.373 e. The summed E-state index contributed by atoms with van der Waals surface area (Å²) in [4.78, 5) is 4.26. The lowest BCUT2D eigenvalue weighted by molar-refractivity contribution is 1.31. The number of aryl methyl sites for hydroxylation is 1. The summed E-state index contributed by atoms with van der Waals surface area (Å²) in [5.74, 6) is 0.946. The molecule has 2 aromatic rings. The monoisotopic (exact) mass is 172 g/mol. The van der Waals surface area contributed by atoms with Crippen LogP contribution in [0.4, 0.5) is 5.82 Å². The van der Waals surface area contributed by atoms with Gasteiger partial charge in [-0.3, -0.25) is 0 Å². The summed E-state index contributed by atoms with van der Waals surface area (Å²) in [6, 6.07) is 8.40. The van der Waals surface area contributed by atoms with E-state index in [-0.39, 0.29) is 0 Å². The Morgan fingerprint density at radius 3 is 2.85 bits per heavy atom. The SMILES string of the molecule is CNc1nccc2ccc(C)cc12. The van der Waals surface area contributed by atoms with E-state index in [4.69, 9.17) is 0 Å². The third-order valence-corrected chi connectivity index (χ3v) is 2.16. The van der Waals surface area contributed by atoms with Crippen LogP contribution < -0.4 is 5.32 Å². The van der Waals surface area contributed by atoms with Crippen LogP contribution in [0, 0.1) is 6.92 Å². The van der Waals surface area contributed by atoms with E-state index in [1.165, 1.54) is 16.3 Å². The van der Waals surface area contributed by atoms with Crippen LogP contribution in [0.5, 0.6) is 0 Å². The molecule has 0 fully saturated rings. The van der Waals surface area contributed by atoms with E-state index in [1.54, 1.807) is 0 Å². The molecule has 13 heavy (non-hydrogen) atoms. The molecule has 2 heteroatoms. The van der Waals surface area contributed by atoms with Gasteiger partial charge in [-0.15, -0.1) is 0 Å². The van der Waals surface area contributed by atoms with Gasteiger partial charge in [0, 0.05) is 18.6 Å². The number of nitrogens with one attached hydrogen (secondary N) is 1. The van der Waals surface area contributed by atoms with Gasteiger partial charge in [0.05, 0.1) is 0 Å². The van der Waals surface area contributed by atoms with Crippen molar-refractivity contribution in [2.75, 3.05) is 12.4 Å². The first-order valence-corrected chi connectivity index (χ1v) is 4.34. The smallest absolute Gasteiger partial charge is 0.133 e. The molecule has 0 aliphatic rings. The molecule has 0 bridgehead atoms. The van der Waals surface area contributed by atoms with Gasteiger partial charge in [-0.05, 0) is 24.4 Å². The predicted octanol–water partition coefficient (Wildman–Crippen LogP) is 2.58. The molecule has 0 aliphatic heterocycles. The van der Waals surface area contributed by atoms with Gasteiger partial charge >= 0.3 is 0 Å². The third kappa shape index (κ3) is 1.35. The molecule has 2 nitrogen and oxygen atoms in total. The van der Waals surface area contributed by atoms with Crippen molar-refractivity contribution in [1.82, 2.24) is 4.98 Å². The zero-order valence-corrected chi connectivity index (χ0v) is 7.83. The molecule has 1 aromatic heterocycles. The second-order valence-corrected chi connectivity index (χ2v) is 3.13. The molecule has 0 amide bonds. The van der Waals surface area contributed by atoms with Crippen molar-refractivity contribution in [3.63, 3.8) is 0 Å². The lowest BCUT2D eigenvalue weighted by Crippen LogP contribution is -1.92. The number of pyridine rings is 1. The standard InChI is InChI=1S/C11H12N2/c1-8-3-4-9-5-6-13-11(12-2)10(9)7-8/h3-7H,1-2H3,(H,12,13). The van der Waals surface area contributed by atoms with Gasteiger partial charge in [0.2, 0.25) is 0 Å². The highest BCUT2D eigenvalue weighted by molar-refractivity contribution is 5.92. The Kier molecular flexibility index (Phi) is 1.89. The molecule has 1 N–H and O–H groups in total. The zero-order chi connectivity index (χ0) is 9.26. The van der Waals surface area contributed by atoms with Crippen LogP contribution in [0.2, 0.25) is 0 Å². The summed E-state index contributed by atoms with van der Waals surface area (Å²) in [7, 11) is 1.89. The molecule has 0 unspecified atom stereocenters. The van der Waals surface area contributed by atoms with Crippen LogP contribution in [0.1, 0.15) is 5.56 Å². The van der Waals surface area contributed by atoms with Gasteiger partial charge in [0.1, 0.15) is 5.82 Å².